The van der Waals surface area contributed by atoms with Gasteiger partial charge in [-0.15, -0.1) is 0 Å². The van der Waals surface area contributed by atoms with Crippen LogP contribution in [0.2, 0.25) is 0 Å². The molecule has 0 radical (unpaired) electrons. The molecule has 0 bridgehead atoms. The maximum Gasteiger partial charge on any atom is 0.0146 e. The SMILES string of the molecule is CC(C)c1ccc(C(C)(C)c2ccc(C(C)C)cc2)cc1. The summed E-state index contributed by atoms with van der Waals surface area (Å²) in [7, 11) is 0. The monoisotopic (exact) mass is 280 g/mol. The minimum absolute atomic E-state index is 0.0466. The quantitative estimate of drug-likeness (QED) is 0.620. The lowest BCUT2D eigenvalue weighted by molar-refractivity contribution is 0.639. The van der Waals surface area contributed by atoms with Crippen LogP contribution < -0.4 is 0 Å². The van der Waals surface area contributed by atoms with Gasteiger partial charge < -0.3 is 0 Å². The number of rotatable bonds is 4. The fourth-order valence-electron chi connectivity index (χ4n) is 2.74. The molecule has 0 saturated heterocycles. The molecular weight excluding hydrogens is 252 g/mol. The molecule has 0 unspecified atom stereocenters. The van der Waals surface area contributed by atoms with Crippen molar-refractivity contribution in [3.8, 4) is 0 Å². The van der Waals surface area contributed by atoms with Crippen molar-refractivity contribution in [2.24, 2.45) is 0 Å². The Balaban J connectivity index is 2.31. The summed E-state index contributed by atoms with van der Waals surface area (Å²) >= 11 is 0. The molecular formula is C21H28. The third-order valence-corrected chi connectivity index (χ3v) is 4.60. The summed E-state index contributed by atoms with van der Waals surface area (Å²) < 4.78 is 0. The van der Waals surface area contributed by atoms with Gasteiger partial charge in [0.15, 0.2) is 0 Å². The zero-order valence-corrected chi connectivity index (χ0v) is 14.3. The fourth-order valence-corrected chi connectivity index (χ4v) is 2.74. The molecule has 0 fully saturated rings. The highest BCUT2D eigenvalue weighted by Crippen LogP contribution is 2.33. The van der Waals surface area contributed by atoms with E-state index in [1.54, 1.807) is 0 Å². The van der Waals surface area contributed by atoms with Crippen LogP contribution in [0, 0.1) is 0 Å². The second-order valence-corrected chi connectivity index (χ2v) is 7.18. The molecule has 0 atom stereocenters. The van der Waals surface area contributed by atoms with Crippen molar-refractivity contribution in [3.63, 3.8) is 0 Å². The molecule has 0 amide bonds. The van der Waals surface area contributed by atoms with Gasteiger partial charge >= 0.3 is 0 Å². The predicted molar refractivity (Wildman–Crippen MR) is 93.2 cm³/mol. The topological polar surface area (TPSA) is 0 Å². The zero-order chi connectivity index (χ0) is 15.6. The third kappa shape index (κ3) is 3.37. The highest BCUT2D eigenvalue weighted by Gasteiger charge is 2.23. The molecule has 0 nitrogen and oxygen atoms in total. The lowest BCUT2D eigenvalue weighted by Gasteiger charge is -2.27. The molecule has 0 aliphatic carbocycles. The minimum atomic E-state index is 0.0466. The Labute approximate surface area is 130 Å². The first kappa shape index (κ1) is 15.8. The summed E-state index contributed by atoms with van der Waals surface area (Å²) in [6.07, 6.45) is 0. The molecule has 0 spiro atoms. The van der Waals surface area contributed by atoms with Gasteiger partial charge in [0.1, 0.15) is 0 Å². The Morgan fingerprint density at radius 2 is 0.857 bits per heavy atom. The first-order valence-electron chi connectivity index (χ1n) is 8.03. The highest BCUT2D eigenvalue weighted by atomic mass is 14.3. The van der Waals surface area contributed by atoms with Gasteiger partial charge in [-0.2, -0.15) is 0 Å². The van der Waals surface area contributed by atoms with Crippen LogP contribution in [0.4, 0.5) is 0 Å². The standard InChI is InChI=1S/C21H28/c1-15(2)17-7-11-19(12-8-17)21(5,6)20-13-9-18(10-14-20)16(3)4/h7-16H,1-6H3. The van der Waals surface area contributed by atoms with Crippen molar-refractivity contribution in [3.05, 3.63) is 70.8 Å². The Morgan fingerprint density at radius 3 is 1.10 bits per heavy atom. The van der Waals surface area contributed by atoms with Crippen LogP contribution in [0.3, 0.4) is 0 Å². The first-order chi connectivity index (χ1) is 9.82. The largest absolute Gasteiger partial charge is 0.0587 e. The van der Waals surface area contributed by atoms with Gasteiger partial charge in [0, 0.05) is 5.41 Å². The molecule has 0 saturated carbocycles. The van der Waals surface area contributed by atoms with E-state index in [0.29, 0.717) is 11.8 Å². The van der Waals surface area contributed by atoms with Crippen LogP contribution in [0.25, 0.3) is 0 Å². The summed E-state index contributed by atoms with van der Waals surface area (Å²) in [6, 6.07) is 18.2. The summed E-state index contributed by atoms with van der Waals surface area (Å²) in [4.78, 5) is 0. The molecule has 0 aliphatic rings. The van der Waals surface area contributed by atoms with Gasteiger partial charge in [0.25, 0.3) is 0 Å². The van der Waals surface area contributed by atoms with Crippen LogP contribution in [0.15, 0.2) is 48.5 Å². The Kier molecular flexibility index (Phi) is 4.56. The van der Waals surface area contributed by atoms with Crippen molar-refractivity contribution < 1.29 is 0 Å². The molecule has 2 aromatic carbocycles. The molecule has 0 N–H and O–H groups in total. The van der Waals surface area contributed by atoms with Crippen LogP contribution in [-0.4, -0.2) is 0 Å². The van der Waals surface area contributed by atoms with Crippen LogP contribution in [0.5, 0.6) is 0 Å². The van der Waals surface area contributed by atoms with Gasteiger partial charge in [-0.1, -0.05) is 90.1 Å². The molecule has 0 heterocycles. The van der Waals surface area contributed by atoms with E-state index in [4.69, 9.17) is 0 Å². The van der Waals surface area contributed by atoms with Crippen LogP contribution in [0.1, 0.15) is 75.6 Å². The van der Waals surface area contributed by atoms with Gasteiger partial charge in [-0.05, 0) is 34.1 Å². The maximum atomic E-state index is 2.31. The first-order valence-corrected chi connectivity index (χ1v) is 8.03. The fraction of sp³-hybridized carbons (Fsp3) is 0.429. The Morgan fingerprint density at radius 1 is 0.571 bits per heavy atom. The average Bonchev–Trinajstić information content (AvgIpc) is 2.47. The van der Waals surface area contributed by atoms with E-state index in [1.807, 2.05) is 0 Å². The molecule has 0 aliphatic heterocycles. The highest BCUT2D eigenvalue weighted by molar-refractivity contribution is 5.40. The number of benzene rings is 2. The van der Waals surface area contributed by atoms with E-state index in [-0.39, 0.29) is 5.41 Å². The van der Waals surface area contributed by atoms with Gasteiger partial charge in [-0.3, -0.25) is 0 Å². The molecule has 2 rings (SSSR count). The van der Waals surface area contributed by atoms with Crippen molar-refractivity contribution in [2.45, 2.75) is 58.8 Å². The van der Waals surface area contributed by atoms with E-state index in [2.05, 4.69) is 90.1 Å². The lowest BCUT2D eigenvalue weighted by atomic mass is 9.77. The van der Waals surface area contributed by atoms with Crippen molar-refractivity contribution in [1.29, 1.82) is 0 Å². The Hall–Kier alpha value is -1.56. The Bertz CT molecular complexity index is 515. The number of hydrogen-bond donors (Lipinski definition) is 0. The summed E-state index contributed by atoms with van der Waals surface area (Å²) in [6.45, 7) is 13.6. The third-order valence-electron chi connectivity index (χ3n) is 4.60. The van der Waals surface area contributed by atoms with Crippen molar-refractivity contribution in [1.82, 2.24) is 0 Å². The van der Waals surface area contributed by atoms with Gasteiger partial charge in [-0.25, -0.2) is 0 Å². The van der Waals surface area contributed by atoms with E-state index in [0.717, 1.165) is 0 Å². The minimum Gasteiger partial charge on any atom is -0.0587 e. The lowest BCUT2D eigenvalue weighted by Crippen LogP contribution is -2.19. The zero-order valence-electron chi connectivity index (χ0n) is 14.3. The van der Waals surface area contributed by atoms with Crippen molar-refractivity contribution >= 4 is 0 Å². The smallest absolute Gasteiger partial charge is 0.0146 e. The second-order valence-electron chi connectivity index (χ2n) is 7.18. The average molecular weight is 280 g/mol. The number of hydrogen-bond acceptors (Lipinski definition) is 0. The van der Waals surface area contributed by atoms with Gasteiger partial charge in [0.2, 0.25) is 0 Å². The van der Waals surface area contributed by atoms with Crippen molar-refractivity contribution in [2.75, 3.05) is 0 Å². The summed E-state index contributed by atoms with van der Waals surface area (Å²) in [5.41, 5.74) is 5.62. The molecule has 0 heteroatoms. The summed E-state index contributed by atoms with van der Waals surface area (Å²) in [5, 5.41) is 0. The van der Waals surface area contributed by atoms with E-state index >= 15 is 0 Å². The summed E-state index contributed by atoms with van der Waals surface area (Å²) in [5.74, 6) is 1.18. The van der Waals surface area contributed by atoms with Crippen LogP contribution >= 0.6 is 0 Å². The molecule has 0 aromatic heterocycles. The van der Waals surface area contributed by atoms with Crippen LogP contribution in [-0.2, 0) is 5.41 Å². The molecule has 2 aromatic rings. The van der Waals surface area contributed by atoms with E-state index < -0.39 is 0 Å². The molecule has 21 heavy (non-hydrogen) atoms. The van der Waals surface area contributed by atoms with Gasteiger partial charge in [0.05, 0.1) is 0 Å². The van der Waals surface area contributed by atoms with E-state index in [1.165, 1.54) is 22.3 Å². The predicted octanol–water partition coefficient (Wildman–Crippen LogP) is 6.26. The normalized spacial score (nSPS) is 12.2. The maximum absolute atomic E-state index is 2.31. The van der Waals surface area contributed by atoms with E-state index in [9.17, 15) is 0 Å². The second kappa shape index (κ2) is 6.05. The molecule has 112 valence electrons.